The molecule has 1 aromatic carbocycles. The lowest BCUT2D eigenvalue weighted by Crippen LogP contribution is -2.56. The molecule has 140 valence electrons. The number of benzene rings is 1. The van der Waals surface area contributed by atoms with Crippen LogP contribution in [0.3, 0.4) is 0 Å². The first-order chi connectivity index (χ1) is 12.3. The van der Waals surface area contributed by atoms with Gasteiger partial charge in [-0.3, -0.25) is 9.80 Å². The van der Waals surface area contributed by atoms with Crippen LogP contribution in [0.2, 0.25) is 0 Å². The molecule has 1 aliphatic heterocycles. The van der Waals surface area contributed by atoms with Crippen molar-refractivity contribution >= 4 is 0 Å². The largest absolute Gasteiger partial charge is 0.496 e. The first-order valence-electron chi connectivity index (χ1n) is 9.55. The number of piperazine rings is 1. The van der Waals surface area contributed by atoms with Crippen LogP contribution in [0.1, 0.15) is 37.7 Å². The molecule has 2 fully saturated rings. The van der Waals surface area contributed by atoms with Gasteiger partial charge in [0.15, 0.2) is 0 Å². The average molecular weight is 348 g/mol. The molecule has 0 aromatic heterocycles. The fraction of sp³-hybridized carbons (Fsp3) is 0.700. The maximum atomic E-state index is 9.53. The Morgan fingerprint density at radius 3 is 2.36 bits per heavy atom. The van der Waals surface area contributed by atoms with Crippen molar-refractivity contribution in [3.05, 3.63) is 23.8 Å². The Morgan fingerprint density at radius 2 is 1.76 bits per heavy atom. The van der Waals surface area contributed by atoms with Gasteiger partial charge in [0.2, 0.25) is 0 Å². The summed E-state index contributed by atoms with van der Waals surface area (Å²) in [5.41, 5.74) is 1.12. The van der Waals surface area contributed by atoms with E-state index in [-0.39, 0.29) is 6.61 Å². The van der Waals surface area contributed by atoms with Crippen molar-refractivity contribution in [1.82, 2.24) is 9.80 Å². The van der Waals surface area contributed by atoms with Crippen molar-refractivity contribution < 1.29 is 14.6 Å². The molecule has 1 heterocycles. The number of methoxy groups -OCH3 is 2. The summed E-state index contributed by atoms with van der Waals surface area (Å²) in [6, 6.07) is 7.13. The molecule has 5 heteroatoms. The fourth-order valence-corrected chi connectivity index (χ4v) is 4.51. The van der Waals surface area contributed by atoms with Crippen LogP contribution in [0, 0.1) is 0 Å². The Morgan fingerprint density at radius 1 is 1.08 bits per heavy atom. The van der Waals surface area contributed by atoms with Crippen LogP contribution in [0.5, 0.6) is 11.5 Å². The summed E-state index contributed by atoms with van der Waals surface area (Å²) < 4.78 is 11.1. The topological polar surface area (TPSA) is 45.2 Å². The molecule has 2 aliphatic rings. The van der Waals surface area contributed by atoms with Crippen LogP contribution in [0.15, 0.2) is 18.2 Å². The first kappa shape index (κ1) is 18.5. The molecule has 1 N–H and O–H groups in total. The second kappa shape index (κ2) is 8.88. The van der Waals surface area contributed by atoms with Crippen molar-refractivity contribution in [2.75, 3.05) is 40.5 Å². The fourth-order valence-electron chi connectivity index (χ4n) is 4.51. The lowest BCUT2D eigenvalue weighted by atomic mass is 10.0. The third-order valence-corrected chi connectivity index (χ3v) is 5.78. The number of aliphatic hydroxyl groups is 1. The highest BCUT2D eigenvalue weighted by Gasteiger charge is 2.33. The van der Waals surface area contributed by atoms with Gasteiger partial charge in [-0.15, -0.1) is 0 Å². The highest BCUT2D eigenvalue weighted by atomic mass is 16.5. The van der Waals surface area contributed by atoms with Gasteiger partial charge in [0, 0.05) is 44.9 Å². The second-order valence-electron chi connectivity index (χ2n) is 7.22. The van der Waals surface area contributed by atoms with E-state index < -0.39 is 0 Å². The smallest absolute Gasteiger partial charge is 0.127 e. The van der Waals surface area contributed by atoms with Crippen molar-refractivity contribution in [3.63, 3.8) is 0 Å². The standard InChI is InChI=1S/C20H32N2O3/c1-24-19-8-5-9-20(25-2)18(19)15-21-11-12-22(16-6-3-4-7-16)17(14-21)10-13-23/h5,8-9,16-17,23H,3-4,6-7,10-15H2,1-2H3/t17-/m1/s1. The minimum Gasteiger partial charge on any atom is -0.496 e. The normalized spacial score (nSPS) is 23.1. The van der Waals surface area contributed by atoms with Crippen molar-refractivity contribution in [2.24, 2.45) is 0 Å². The quantitative estimate of drug-likeness (QED) is 0.820. The number of rotatable bonds is 7. The Balaban J connectivity index is 1.70. The van der Waals surface area contributed by atoms with E-state index >= 15 is 0 Å². The van der Waals surface area contributed by atoms with Gasteiger partial charge >= 0.3 is 0 Å². The van der Waals surface area contributed by atoms with Gasteiger partial charge in [0.25, 0.3) is 0 Å². The molecular formula is C20H32N2O3. The minimum absolute atomic E-state index is 0.264. The zero-order valence-electron chi connectivity index (χ0n) is 15.6. The van der Waals surface area contributed by atoms with Crippen molar-refractivity contribution in [2.45, 2.75) is 50.7 Å². The zero-order chi connectivity index (χ0) is 17.6. The monoisotopic (exact) mass is 348 g/mol. The Kier molecular flexibility index (Phi) is 6.57. The summed E-state index contributed by atoms with van der Waals surface area (Å²) in [7, 11) is 3.43. The van der Waals surface area contributed by atoms with Gasteiger partial charge in [0.05, 0.1) is 19.8 Å². The summed E-state index contributed by atoms with van der Waals surface area (Å²) >= 11 is 0. The predicted molar refractivity (Wildman–Crippen MR) is 99.3 cm³/mol. The van der Waals surface area contributed by atoms with Gasteiger partial charge in [-0.2, -0.15) is 0 Å². The molecular weight excluding hydrogens is 316 g/mol. The maximum Gasteiger partial charge on any atom is 0.127 e. The maximum absolute atomic E-state index is 9.53. The molecule has 0 amide bonds. The molecule has 1 saturated heterocycles. The van der Waals surface area contributed by atoms with Crippen LogP contribution < -0.4 is 9.47 Å². The number of nitrogens with zero attached hydrogens (tertiary/aromatic N) is 2. The second-order valence-corrected chi connectivity index (χ2v) is 7.22. The summed E-state index contributed by atoms with van der Waals surface area (Å²) in [6.07, 6.45) is 6.21. The van der Waals surface area contributed by atoms with E-state index in [4.69, 9.17) is 9.47 Å². The number of aliphatic hydroxyl groups excluding tert-OH is 1. The van der Waals surface area contributed by atoms with E-state index in [1.165, 1.54) is 25.7 Å². The Hall–Kier alpha value is -1.30. The van der Waals surface area contributed by atoms with Crippen LogP contribution in [0.25, 0.3) is 0 Å². The van der Waals surface area contributed by atoms with Crippen LogP contribution in [-0.4, -0.2) is 67.5 Å². The number of hydrogen-bond donors (Lipinski definition) is 1. The van der Waals surface area contributed by atoms with Crippen molar-refractivity contribution in [1.29, 1.82) is 0 Å². The molecule has 5 nitrogen and oxygen atoms in total. The predicted octanol–water partition coefficient (Wildman–Crippen LogP) is 2.52. The zero-order valence-corrected chi connectivity index (χ0v) is 15.6. The summed E-state index contributed by atoms with van der Waals surface area (Å²) in [5, 5.41) is 9.53. The highest BCUT2D eigenvalue weighted by molar-refractivity contribution is 5.44. The van der Waals surface area contributed by atoms with Crippen LogP contribution >= 0.6 is 0 Å². The molecule has 0 bridgehead atoms. The third kappa shape index (κ3) is 4.27. The first-order valence-corrected chi connectivity index (χ1v) is 9.55. The molecule has 1 aromatic rings. The molecule has 3 rings (SSSR count). The van der Waals surface area contributed by atoms with E-state index in [2.05, 4.69) is 9.80 Å². The van der Waals surface area contributed by atoms with E-state index in [9.17, 15) is 5.11 Å². The minimum atomic E-state index is 0.264. The van der Waals surface area contributed by atoms with Gasteiger partial charge < -0.3 is 14.6 Å². The Labute approximate surface area is 151 Å². The van der Waals surface area contributed by atoms with Crippen LogP contribution in [0.4, 0.5) is 0 Å². The van der Waals surface area contributed by atoms with E-state index in [1.54, 1.807) is 14.2 Å². The summed E-state index contributed by atoms with van der Waals surface area (Å²) in [5.74, 6) is 1.77. The summed E-state index contributed by atoms with van der Waals surface area (Å²) in [6.45, 7) is 4.23. The summed E-state index contributed by atoms with van der Waals surface area (Å²) in [4.78, 5) is 5.14. The molecule has 0 spiro atoms. The molecule has 1 aliphatic carbocycles. The molecule has 0 unspecified atom stereocenters. The highest BCUT2D eigenvalue weighted by Crippen LogP contribution is 2.32. The van der Waals surface area contributed by atoms with Gasteiger partial charge in [-0.25, -0.2) is 0 Å². The number of ether oxygens (including phenoxy) is 2. The number of hydrogen-bond acceptors (Lipinski definition) is 5. The van der Waals surface area contributed by atoms with E-state index in [0.29, 0.717) is 6.04 Å². The lowest BCUT2D eigenvalue weighted by molar-refractivity contribution is 0.0262. The van der Waals surface area contributed by atoms with Crippen molar-refractivity contribution in [3.8, 4) is 11.5 Å². The Bertz CT molecular complexity index is 523. The third-order valence-electron chi connectivity index (χ3n) is 5.78. The van der Waals surface area contributed by atoms with E-state index in [0.717, 1.165) is 55.7 Å². The average Bonchev–Trinajstić information content (AvgIpc) is 3.17. The van der Waals surface area contributed by atoms with Gasteiger partial charge in [-0.1, -0.05) is 18.9 Å². The van der Waals surface area contributed by atoms with Crippen LogP contribution in [-0.2, 0) is 6.54 Å². The van der Waals surface area contributed by atoms with Gasteiger partial charge in [-0.05, 0) is 31.4 Å². The SMILES string of the molecule is COc1cccc(OC)c1CN1CCN(C2CCCC2)[C@H](CCO)C1. The molecule has 25 heavy (non-hydrogen) atoms. The molecule has 1 atom stereocenters. The molecule has 1 saturated carbocycles. The lowest BCUT2D eigenvalue weighted by Gasteiger charge is -2.44. The molecule has 0 radical (unpaired) electrons. The van der Waals surface area contributed by atoms with Gasteiger partial charge in [0.1, 0.15) is 11.5 Å². The van der Waals surface area contributed by atoms with E-state index in [1.807, 2.05) is 18.2 Å².